The Labute approximate surface area is 117 Å². The zero-order valence-corrected chi connectivity index (χ0v) is 11.6. The zero-order valence-electron chi connectivity index (χ0n) is 11.6. The minimum Gasteiger partial charge on any atom is -0.469 e. The lowest BCUT2D eigenvalue weighted by atomic mass is 9.99. The van der Waals surface area contributed by atoms with Gasteiger partial charge < -0.3 is 9.64 Å². The first-order valence-electron chi connectivity index (χ1n) is 6.73. The van der Waals surface area contributed by atoms with Crippen molar-refractivity contribution in [3.63, 3.8) is 0 Å². The maximum Gasteiger partial charge on any atom is 0.310 e. The molecule has 0 saturated carbocycles. The lowest BCUT2D eigenvalue weighted by molar-refractivity contribution is -0.145. The van der Waals surface area contributed by atoms with Crippen LogP contribution in [0.2, 0.25) is 0 Å². The van der Waals surface area contributed by atoms with Crippen molar-refractivity contribution in [3.8, 4) is 0 Å². The lowest BCUT2D eigenvalue weighted by Gasteiger charge is -2.18. The average Bonchev–Trinajstić information content (AvgIpc) is 2.87. The van der Waals surface area contributed by atoms with E-state index in [0.29, 0.717) is 6.54 Å². The van der Waals surface area contributed by atoms with E-state index in [2.05, 4.69) is 21.8 Å². The summed E-state index contributed by atoms with van der Waals surface area (Å²) in [7, 11) is 1.44. The number of carbonyl (C=O) groups is 1. The van der Waals surface area contributed by atoms with Gasteiger partial charge in [-0.25, -0.2) is 9.97 Å². The quantitative estimate of drug-likeness (QED) is 0.781. The standard InChI is InChI=1S/C15H17N3O2/c1-10-7-18(8-12(10)15(19)20-2)14-11-5-3-4-6-13(11)16-9-17-14/h3-6,9-10,12H,7-8H2,1-2H3. The lowest BCUT2D eigenvalue weighted by Crippen LogP contribution is -2.25. The maximum absolute atomic E-state index is 11.8. The fraction of sp³-hybridized carbons (Fsp3) is 0.400. The number of carbonyl (C=O) groups excluding carboxylic acids is 1. The third-order valence-electron chi connectivity index (χ3n) is 3.94. The zero-order chi connectivity index (χ0) is 14.1. The number of nitrogens with zero attached hydrogens (tertiary/aromatic N) is 3. The molecule has 2 atom stereocenters. The number of ether oxygens (including phenoxy) is 1. The highest BCUT2D eigenvalue weighted by Crippen LogP contribution is 2.31. The minimum absolute atomic E-state index is 0.0891. The van der Waals surface area contributed by atoms with Gasteiger partial charge in [0.25, 0.3) is 0 Å². The van der Waals surface area contributed by atoms with Crippen LogP contribution in [0, 0.1) is 11.8 Å². The number of aromatic nitrogens is 2. The van der Waals surface area contributed by atoms with E-state index < -0.39 is 0 Å². The second kappa shape index (κ2) is 5.07. The first kappa shape index (κ1) is 12.8. The summed E-state index contributed by atoms with van der Waals surface area (Å²) in [6, 6.07) is 7.92. The average molecular weight is 271 g/mol. The molecule has 1 aliphatic heterocycles. The number of anilines is 1. The molecule has 3 rings (SSSR count). The highest BCUT2D eigenvalue weighted by atomic mass is 16.5. The van der Waals surface area contributed by atoms with Crippen molar-refractivity contribution in [2.75, 3.05) is 25.1 Å². The van der Waals surface area contributed by atoms with Crippen LogP contribution in [0.15, 0.2) is 30.6 Å². The van der Waals surface area contributed by atoms with Gasteiger partial charge in [-0.1, -0.05) is 19.1 Å². The van der Waals surface area contributed by atoms with Crippen LogP contribution in [0.25, 0.3) is 10.9 Å². The molecule has 5 heteroatoms. The van der Waals surface area contributed by atoms with Gasteiger partial charge in [0.15, 0.2) is 0 Å². The van der Waals surface area contributed by atoms with Gasteiger partial charge in [-0.2, -0.15) is 0 Å². The summed E-state index contributed by atoms with van der Waals surface area (Å²) in [6.45, 7) is 3.53. The van der Waals surface area contributed by atoms with Crippen molar-refractivity contribution < 1.29 is 9.53 Å². The number of rotatable bonds is 2. The topological polar surface area (TPSA) is 55.3 Å². The van der Waals surface area contributed by atoms with E-state index in [4.69, 9.17) is 4.74 Å². The van der Waals surface area contributed by atoms with Crippen molar-refractivity contribution in [2.24, 2.45) is 11.8 Å². The molecule has 2 unspecified atom stereocenters. The molecule has 0 aliphatic carbocycles. The van der Waals surface area contributed by atoms with Crippen LogP contribution in [-0.4, -0.2) is 36.1 Å². The summed E-state index contributed by atoms with van der Waals surface area (Å²) in [4.78, 5) is 22.6. The highest BCUT2D eigenvalue weighted by Gasteiger charge is 2.36. The molecular formula is C15H17N3O2. The Kier molecular flexibility index (Phi) is 3.26. The van der Waals surface area contributed by atoms with E-state index >= 15 is 0 Å². The summed E-state index contributed by atoms with van der Waals surface area (Å²) < 4.78 is 4.88. The highest BCUT2D eigenvalue weighted by molar-refractivity contribution is 5.89. The smallest absolute Gasteiger partial charge is 0.310 e. The number of hydrogen-bond donors (Lipinski definition) is 0. The van der Waals surface area contributed by atoms with E-state index in [1.165, 1.54) is 7.11 Å². The molecule has 1 aromatic carbocycles. The Morgan fingerprint density at radius 2 is 2.10 bits per heavy atom. The molecule has 0 spiro atoms. The van der Waals surface area contributed by atoms with Gasteiger partial charge in [0, 0.05) is 18.5 Å². The Morgan fingerprint density at radius 1 is 1.30 bits per heavy atom. The van der Waals surface area contributed by atoms with Crippen LogP contribution >= 0.6 is 0 Å². The molecule has 0 amide bonds. The molecule has 104 valence electrons. The molecule has 0 N–H and O–H groups in total. The Bertz CT molecular complexity index is 639. The number of fused-ring (bicyclic) bond motifs is 1. The van der Waals surface area contributed by atoms with Gasteiger partial charge >= 0.3 is 5.97 Å². The molecule has 2 heterocycles. The summed E-state index contributed by atoms with van der Waals surface area (Å²) in [5, 5.41) is 1.02. The molecule has 20 heavy (non-hydrogen) atoms. The fourth-order valence-corrected chi connectivity index (χ4v) is 2.84. The molecule has 0 bridgehead atoms. The number of para-hydroxylation sites is 1. The van der Waals surface area contributed by atoms with Crippen LogP contribution < -0.4 is 4.90 Å². The van der Waals surface area contributed by atoms with E-state index in [0.717, 1.165) is 23.3 Å². The van der Waals surface area contributed by atoms with Crippen molar-refractivity contribution in [3.05, 3.63) is 30.6 Å². The molecule has 1 fully saturated rings. The molecule has 1 aromatic heterocycles. The van der Waals surface area contributed by atoms with Crippen LogP contribution in [-0.2, 0) is 9.53 Å². The van der Waals surface area contributed by atoms with Gasteiger partial charge in [0.2, 0.25) is 0 Å². The van der Waals surface area contributed by atoms with E-state index in [1.807, 2.05) is 24.3 Å². The first-order valence-corrected chi connectivity index (χ1v) is 6.73. The molecule has 5 nitrogen and oxygen atoms in total. The van der Waals surface area contributed by atoms with E-state index in [-0.39, 0.29) is 17.8 Å². The second-order valence-electron chi connectivity index (χ2n) is 5.23. The second-order valence-corrected chi connectivity index (χ2v) is 5.23. The fourth-order valence-electron chi connectivity index (χ4n) is 2.84. The molecular weight excluding hydrogens is 254 g/mol. The van der Waals surface area contributed by atoms with Crippen LogP contribution in [0.1, 0.15) is 6.92 Å². The van der Waals surface area contributed by atoms with Crippen molar-refractivity contribution in [2.45, 2.75) is 6.92 Å². The van der Waals surface area contributed by atoms with Crippen molar-refractivity contribution >= 4 is 22.7 Å². The number of methoxy groups -OCH3 is 1. The van der Waals surface area contributed by atoms with Crippen LogP contribution in [0.5, 0.6) is 0 Å². The molecule has 0 radical (unpaired) electrons. The number of esters is 1. The first-order chi connectivity index (χ1) is 9.70. The van der Waals surface area contributed by atoms with Gasteiger partial charge in [0.1, 0.15) is 12.1 Å². The Balaban J connectivity index is 1.95. The molecule has 1 aliphatic rings. The largest absolute Gasteiger partial charge is 0.469 e. The summed E-state index contributed by atoms with van der Waals surface area (Å²) in [6.07, 6.45) is 1.58. The minimum atomic E-state index is -0.140. The van der Waals surface area contributed by atoms with Gasteiger partial charge in [-0.05, 0) is 18.1 Å². The third-order valence-corrected chi connectivity index (χ3v) is 3.94. The molecule has 2 aromatic rings. The predicted molar refractivity (Wildman–Crippen MR) is 76.4 cm³/mol. The van der Waals surface area contributed by atoms with Crippen LogP contribution in [0.4, 0.5) is 5.82 Å². The molecule has 1 saturated heterocycles. The number of benzene rings is 1. The van der Waals surface area contributed by atoms with E-state index in [9.17, 15) is 4.79 Å². The normalized spacial score (nSPS) is 22.2. The van der Waals surface area contributed by atoms with Gasteiger partial charge in [-0.15, -0.1) is 0 Å². The maximum atomic E-state index is 11.8. The SMILES string of the molecule is COC(=O)C1CN(c2ncnc3ccccc23)CC1C. The third kappa shape index (κ3) is 2.09. The van der Waals surface area contributed by atoms with Crippen LogP contribution in [0.3, 0.4) is 0 Å². The summed E-state index contributed by atoms with van der Waals surface area (Å²) in [5.74, 6) is 0.928. The summed E-state index contributed by atoms with van der Waals surface area (Å²) in [5.41, 5.74) is 0.923. The monoisotopic (exact) mass is 271 g/mol. The Morgan fingerprint density at radius 3 is 2.90 bits per heavy atom. The summed E-state index contributed by atoms with van der Waals surface area (Å²) >= 11 is 0. The van der Waals surface area contributed by atoms with Crippen molar-refractivity contribution in [1.29, 1.82) is 0 Å². The van der Waals surface area contributed by atoms with E-state index in [1.54, 1.807) is 6.33 Å². The predicted octanol–water partition coefficient (Wildman–Crippen LogP) is 1.88. The number of hydrogen-bond acceptors (Lipinski definition) is 5. The van der Waals surface area contributed by atoms with Gasteiger partial charge in [-0.3, -0.25) is 4.79 Å². The van der Waals surface area contributed by atoms with Gasteiger partial charge in [0.05, 0.1) is 18.5 Å². The Hall–Kier alpha value is -2.17. The van der Waals surface area contributed by atoms with Crippen molar-refractivity contribution in [1.82, 2.24) is 9.97 Å².